The zero-order valence-corrected chi connectivity index (χ0v) is 15.4. The Morgan fingerprint density at radius 1 is 1.33 bits per heavy atom. The summed E-state index contributed by atoms with van der Waals surface area (Å²) in [6.07, 6.45) is 0.632. The molecule has 2 heterocycles. The van der Waals surface area contributed by atoms with E-state index in [0.29, 0.717) is 17.6 Å². The topological polar surface area (TPSA) is 75.9 Å². The zero-order chi connectivity index (χ0) is 17.6. The van der Waals surface area contributed by atoms with Crippen LogP contribution in [0.15, 0.2) is 22.7 Å². The molecular weight excluding hydrogens is 378 g/mol. The van der Waals surface area contributed by atoms with Crippen molar-refractivity contribution in [2.45, 2.75) is 44.9 Å². The van der Waals surface area contributed by atoms with E-state index in [0.717, 1.165) is 12.1 Å². The van der Waals surface area contributed by atoms with E-state index in [2.05, 4.69) is 20.8 Å². The van der Waals surface area contributed by atoms with E-state index in [-0.39, 0.29) is 23.9 Å². The molecule has 0 spiro atoms. The summed E-state index contributed by atoms with van der Waals surface area (Å²) in [5.41, 5.74) is 0.490. The Labute approximate surface area is 148 Å². The maximum Gasteiger partial charge on any atom is 0.410 e. The van der Waals surface area contributed by atoms with Crippen molar-refractivity contribution in [3.05, 3.63) is 32.8 Å². The Kier molecular flexibility index (Phi) is 4.19. The number of nitrogens with zero attached hydrogens (tertiary/aromatic N) is 3. The van der Waals surface area contributed by atoms with Crippen molar-refractivity contribution < 1.29 is 14.5 Å². The third-order valence-electron chi connectivity index (χ3n) is 4.33. The van der Waals surface area contributed by atoms with Crippen LogP contribution in [0.4, 0.5) is 16.2 Å². The molecule has 2 aliphatic heterocycles. The average molecular weight is 398 g/mol. The first-order valence-corrected chi connectivity index (χ1v) is 8.65. The van der Waals surface area contributed by atoms with Crippen molar-refractivity contribution in [1.82, 2.24) is 4.90 Å². The van der Waals surface area contributed by atoms with Crippen LogP contribution in [0.1, 0.15) is 27.2 Å². The fraction of sp³-hybridized carbons (Fsp3) is 0.562. The first-order chi connectivity index (χ1) is 11.2. The predicted molar refractivity (Wildman–Crippen MR) is 93.3 cm³/mol. The lowest BCUT2D eigenvalue weighted by atomic mass is 10.2. The van der Waals surface area contributed by atoms with Gasteiger partial charge in [-0.1, -0.05) is 0 Å². The predicted octanol–water partition coefficient (Wildman–Crippen LogP) is 3.56. The minimum absolute atomic E-state index is 0.0542. The molecule has 0 unspecified atom stereocenters. The van der Waals surface area contributed by atoms with Gasteiger partial charge < -0.3 is 14.5 Å². The minimum Gasteiger partial charge on any atom is -0.444 e. The van der Waals surface area contributed by atoms with Crippen LogP contribution in [0.2, 0.25) is 0 Å². The zero-order valence-electron chi connectivity index (χ0n) is 13.9. The molecule has 2 saturated heterocycles. The third kappa shape index (κ3) is 3.19. The van der Waals surface area contributed by atoms with Gasteiger partial charge in [0.15, 0.2) is 0 Å². The monoisotopic (exact) mass is 397 g/mol. The number of fused-ring (bicyclic) bond motifs is 2. The first kappa shape index (κ1) is 17.0. The number of rotatable bonds is 2. The summed E-state index contributed by atoms with van der Waals surface area (Å²) in [5, 5.41) is 10.9. The van der Waals surface area contributed by atoms with Crippen molar-refractivity contribution in [3.8, 4) is 0 Å². The van der Waals surface area contributed by atoms with Gasteiger partial charge in [-0.05, 0) is 55.3 Å². The summed E-state index contributed by atoms with van der Waals surface area (Å²) >= 11 is 3.26. The fourth-order valence-corrected chi connectivity index (χ4v) is 3.86. The molecule has 130 valence electrons. The van der Waals surface area contributed by atoms with Gasteiger partial charge in [0, 0.05) is 30.9 Å². The van der Waals surface area contributed by atoms with Gasteiger partial charge in [-0.3, -0.25) is 10.1 Å². The molecule has 7 nitrogen and oxygen atoms in total. The highest BCUT2D eigenvalue weighted by atomic mass is 79.9. The van der Waals surface area contributed by atoms with Gasteiger partial charge in [0.2, 0.25) is 0 Å². The van der Waals surface area contributed by atoms with Gasteiger partial charge in [-0.25, -0.2) is 4.79 Å². The van der Waals surface area contributed by atoms with Crippen LogP contribution in [-0.4, -0.2) is 46.7 Å². The van der Waals surface area contributed by atoms with Crippen molar-refractivity contribution in [2.24, 2.45) is 0 Å². The molecule has 0 N–H and O–H groups in total. The molecule has 2 bridgehead atoms. The number of piperazine rings is 1. The third-order valence-corrected chi connectivity index (χ3v) is 4.96. The molecule has 2 aliphatic rings. The highest BCUT2D eigenvalue weighted by Gasteiger charge is 2.46. The number of anilines is 1. The van der Waals surface area contributed by atoms with Gasteiger partial charge in [-0.2, -0.15) is 0 Å². The van der Waals surface area contributed by atoms with Gasteiger partial charge >= 0.3 is 6.09 Å². The second kappa shape index (κ2) is 5.91. The number of nitro benzene ring substituents is 1. The summed E-state index contributed by atoms with van der Waals surface area (Å²) in [5.74, 6) is 0. The number of benzene rings is 1. The molecule has 1 aromatic carbocycles. The second-order valence-corrected chi connectivity index (χ2v) is 8.08. The summed E-state index contributed by atoms with van der Waals surface area (Å²) in [4.78, 5) is 26.8. The Balaban J connectivity index is 1.71. The number of hydrogen-bond acceptors (Lipinski definition) is 5. The van der Waals surface area contributed by atoms with E-state index in [1.807, 2.05) is 20.8 Å². The van der Waals surface area contributed by atoms with Crippen LogP contribution < -0.4 is 4.90 Å². The van der Waals surface area contributed by atoms with Crippen LogP contribution in [0, 0.1) is 10.1 Å². The number of halogens is 1. The second-order valence-electron chi connectivity index (χ2n) is 7.22. The van der Waals surface area contributed by atoms with E-state index in [9.17, 15) is 14.9 Å². The fourth-order valence-electron chi connectivity index (χ4n) is 3.35. The summed E-state index contributed by atoms with van der Waals surface area (Å²) < 4.78 is 5.93. The molecule has 0 aromatic heterocycles. The number of nitro groups is 1. The lowest BCUT2D eigenvalue weighted by Gasteiger charge is -2.36. The number of amides is 1. The van der Waals surface area contributed by atoms with Crippen molar-refractivity contribution in [1.29, 1.82) is 0 Å². The molecule has 0 radical (unpaired) electrons. The molecular formula is C16H20BrN3O4. The molecule has 2 atom stereocenters. The number of carbonyl (C=O) groups excluding carboxylic acids is 1. The van der Waals surface area contributed by atoms with Crippen molar-refractivity contribution >= 4 is 33.4 Å². The summed E-state index contributed by atoms with van der Waals surface area (Å²) in [6, 6.07) is 5.39. The number of likely N-dealkylation sites (tertiary alicyclic amines) is 1. The van der Waals surface area contributed by atoms with Gasteiger partial charge in [0.1, 0.15) is 5.60 Å². The van der Waals surface area contributed by atoms with Gasteiger partial charge in [0.25, 0.3) is 5.69 Å². The average Bonchev–Trinajstić information content (AvgIpc) is 3.04. The van der Waals surface area contributed by atoms with E-state index >= 15 is 0 Å². The Bertz CT molecular complexity index is 688. The first-order valence-electron chi connectivity index (χ1n) is 7.86. The maximum atomic E-state index is 12.3. The minimum atomic E-state index is -0.498. The molecule has 2 fully saturated rings. The van der Waals surface area contributed by atoms with Crippen LogP contribution in [0.25, 0.3) is 0 Å². The number of hydrogen-bond donors (Lipinski definition) is 0. The number of carbonyl (C=O) groups is 1. The molecule has 24 heavy (non-hydrogen) atoms. The quantitative estimate of drug-likeness (QED) is 0.563. The molecule has 0 saturated carbocycles. The lowest BCUT2D eigenvalue weighted by Crippen LogP contribution is -2.50. The molecule has 3 rings (SSSR count). The van der Waals surface area contributed by atoms with Crippen LogP contribution in [0.5, 0.6) is 0 Å². The van der Waals surface area contributed by atoms with Crippen molar-refractivity contribution in [2.75, 3.05) is 18.0 Å². The van der Waals surface area contributed by atoms with Crippen LogP contribution in [-0.2, 0) is 4.74 Å². The Morgan fingerprint density at radius 3 is 2.54 bits per heavy atom. The summed E-state index contributed by atoms with van der Waals surface area (Å²) in [6.45, 7) is 6.92. The lowest BCUT2D eigenvalue weighted by molar-refractivity contribution is -0.385. The SMILES string of the molecule is CC(C)(C)OC(=O)N1C[C@@H]2C[C@H]1CN2c1ccc([N+](=O)[O-])c(Br)c1. The number of ether oxygens (including phenoxy) is 1. The van der Waals surface area contributed by atoms with E-state index in [1.54, 1.807) is 17.0 Å². The largest absolute Gasteiger partial charge is 0.444 e. The van der Waals surface area contributed by atoms with Crippen LogP contribution >= 0.6 is 15.9 Å². The van der Waals surface area contributed by atoms with E-state index < -0.39 is 10.5 Å². The standard InChI is InChI=1S/C16H20BrN3O4/c1-16(2,3)24-15(21)19-9-11-6-12(19)8-18(11)10-4-5-14(20(22)23)13(17)7-10/h4-5,7,11-12H,6,8-9H2,1-3H3/t11-,12-/m0/s1. The molecule has 8 heteroatoms. The van der Waals surface area contributed by atoms with E-state index in [4.69, 9.17) is 4.74 Å². The normalized spacial score (nSPS) is 22.8. The van der Waals surface area contributed by atoms with Crippen molar-refractivity contribution in [3.63, 3.8) is 0 Å². The Hall–Kier alpha value is -1.83. The van der Waals surface area contributed by atoms with Gasteiger partial charge in [0.05, 0.1) is 15.4 Å². The highest BCUT2D eigenvalue weighted by Crippen LogP contribution is 2.38. The molecule has 1 amide bonds. The van der Waals surface area contributed by atoms with Gasteiger partial charge in [-0.15, -0.1) is 0 Å². The summed E-state index contributed by atoms with van der Waals surface area (Å²) in [7, 11) is 0. The van der Waals surface area contributed by atoms with E-state index in [1.165, 1.54) is 6.07 Å². The smallest absolute Gasteiger partial charge is 0.410 e. The maximum absolute atomic E-state index is 12.3. The molecule has 0 aliphatic carbocycles. The van der Waals surface area contributed by atoms with Crippen LogP contribution in [0.3, 0.4) is 0 Å². The Morgan fingerprint density at radius 2 is 2.04 bits per heavy atom. The highest BCUT2D eigenvalue weighted by molar-refractivity contribution is 9.10. The molecule has 1 aromatic rings.